The van der Waals surface area contributed by atoms with Gasteiger partial charge in [-0.3, -0.25) is 4.57 Å². The molecule has 0 saturated heterocycles. The van der Waals surface area contributed by atoms with Crippen molar-refractivity contribution in [2.45, 2.75) is 12.3 Å². The van der Waals surface area contributed by atoms with Crippen molar-refractivity contribution < 1.29 is 0 Å². The molecular weight excluding hydrogens is 651 g/mol. The highest BCUT2D eigenvalue weighted by molar-refractivity contribution is 7.26. The van der Waals surface area contributed by atoms with Gasteiger partial charge in [0.15, 0.2) is 11.6 Å². The van der Waals surface area contributed by atoms with Crippen LogP contribution in [0, 0.1) is 0 Å². The number of benzene rings is 7. The van der Waals surface area contributed by atoms with Crippen LogP contribution >= 0.6 is 11.3 Å². The van der Waals surface area contributed by atoms with Crippen molar-refractivity contribution in [2.24, 2.45) is 0 Å². The lowest BCUT2D eigenvalue weighted by molar-refractivity contribution is 0.816. The van der Waals surface area contributed by atoms with Crippen molar-refractivity contribution in [2.75, 3.05) is 0 Å². The molecule has 3 heterocycles. The minimum Gasteiger partial charge on any atom is -0.292 e. The summed E-state index contributed by atoms with van der Waals surface area (Å²) in [5.74, 6) is 1.98. The SMILES string of the molecule is c1ccc(-c2ccc3c(c2)c2cc4c5c(c2n3-c2nc(-c3ccccc3)nc3c2sc2ccccc23)-c2ccccc2CC5c2ccccc2-4)cc1. The van der Waals surface area contributed by atoms with E-state index in [4.69, 9.17) is 9.97 Å². The minimum atomic E-state index is 0.307. The topological polar surface area (TPSA) is 30.7 Å². The van der Waals surface area contributed by atoms with Crippen molar-refractivity contribution in [3.8, 4) is 50.6 Å². The van der Waals surface area contributed by atoms with Crippen LogP contribution in [0.5, 0.6) is 0 Å². The molecule has 4 heteroatoms. The molecule has 242 valence electrons. The lowest BCUT2D eigenvalue weighted by atomic mass is 9.77. The average molecular weight is 680 g/mol. The first-order valence-corrected chi connectivity index (χ1v) is 18.7. The Bertz CT molecular complexity index is 3100. The van der Waals surface area contributed by atoms with Crippen LogP contribution in [0.25, 0.3) is 92.7 Å². The van der Waals surface area contributed by atoms with Crippen molar-refractivity contribution in [3.05, 3.63) is 174 Å². The predicted molar refractivity (Wildman–Crippen MR) is 217 cm³/mol. The Labute approximate surface area is 304 Å². The summed E-state index contributed by atoms with van der Waals surface area (Å²) in [4.78, 5) is 10.8. The molecule has 1 unspecified atom stereocenters. The number of fused-ring (bicyclic) bond motifs is 12. The third-order valence-corrected chi connectivity index (χ3v) is 12.5. The maximum atomic E-state index is 5.55. The number of hydrogen-bond donors (Lipinski definition) is 0. The summed E-state index contributed by atoms with van der Waals surface area (Å²) in [6, 6.07) is 57.5. The molecule has 52 heavy (non-hydrogen) atoms. The summed E-state index contributed by atoms with van der Waals surface area (Å²) in [5.41, 5.74) is 16.5. The molecule has 0 bridgehead atoms. The monoisotopic (exact) mass is 679 g/mol. The van der Waals surface area contributed by atoms with E-state index in [0.717, 1.165) is 39.4 Å². The van der Waals surface area contributed by atoms with Crippen molar-refractivity contribution in [1.82, 2.24) is 14.5 Å². The molecule has 0 amide bonds. The minimum absolute atomic E-state index is 0.307. The van der Waals surface area contributed by atoms with Crippen molar-refractivity contribution in [1.29, 1.82) is 0 Å². The van der Waals surface area contributed by atoms with E-state index in [1.165, 1.54) is 76.4 Å². The summed E-state index contributed by atoms with van der Waals surface area (Å²) in [7, 11) is 0. The number of nitrogens with zero attached hydrogens (tertiary/aromatic N) is 3. The number of hydrogen-bond acceptors (Lipinski definition) is 3. The molecule has 10 aromatic rings. The van der Waals surface area contributed by atoms with E-state index in [1.54, 1.807) is 11.3 Å². The Morgan fingerprint density at radius 3 is 2.15 bits per heavy atom. The first kappa shape index (κ1) is 28.3. The third-order valence-electron chi connectivity index (χ3n) is 11.3. The van der Waals surface area contributed by atoms with Gasteiger partial charge in [-0.25, -0.2) is 9.97 Å². The zero-order chi connectivity index (χ0) is 33.9. The van der Waals surface area contributed by atoms with Gasteiger partial charge in [0.1, 0.15) is 0 Å². The van der Waals surface area contributed by atoms with Gasteiger partial charge in [-0.05, 0) is 75.2 Å². The quantitative estimate of drug-likeness (QED) is 0.186. The first-order chi connectivity index (χ1) is 25.8. The molecule has 7 aromatic carbocycles. The van der Waals surface area contributed by atoms with E-state index in [-0.39, 0.29) is 0 Å². The van der Waals surface area contributed by atoms with Crippen LogP contribution in [0.1, 0.15) is 22.6 Å². The largest absolute Gasteiger partial charge is 0.292 e. The highest BCUT2D eigenvalue weighted by atomic mass is 32.1. The summed E-state index contributed by atoms with van der Waals surface area (Å²) in [6.45, 7) is 0. The Kier molecular flexibility index (Phi) is 5.77. The number of rotatable bonds is 3. The fourth-order valence-electron chi connectivity index (χ4n) is 9.10. The van der Waals surface area contributed by atoms with E-state index >= 15 is 0 Å². The van der Waals surface area contributed by atoms with E-state index < -0.39 is 0 Å². The van der Waals surface area contributed by atoms with E-state index in [2.05, 4.69) is 162 Å². The van der Waals surface area contributed by atoms with E-state index in [1.807, 2.05) is 0 Å². The lowest BCUT2D eigenvalue weighted by Gasteiger charge is -2.27. The van der Waals surface area contributed by atoms with Crippen LogP contribution < -0.4 is 0 Å². The molecule has 0 fully saturated rings. The molecule has 0 radical (unpaired) electrons. The molecule has 2 aliphatic rings. The molecule has 3 aromatic heterocycles. The maximum Gasteiger partial charge on any atom is 0.162 e. The second kappa shape index (κ2) is 10.6. The Hall–Kier alpha value is -6.36. The van der Waals surface area contributed by atoms with Gasteiger partial charge in [0, 0.05) is 37.9 Å². The number of thiophene rings is 1. The van der Waals surface area contributed by atoms with Gasteiger partial charge in [-0.15, -0.1) is 11.3 Å². The van der Waals surface area contributed by atoms with Crippen LogP contribution in [0.3, 0.4) is 0 Å². The normalized spacial score (nSPS) is 14.3. The van der Waals surface area contributed by atoms with Crippen molar-refractivity contribution >= 4 is 53.4 Å². The summed E-state index contributed by atoms with van der Waals surface area (Å²) < 4.78 is 4.81. The van der Waals surface area contributed by atoms with Gasteiger partial charge >= 0.3 is 0 Å². The van der Waals surface area contributed by atoms with Crippen LogP contribution in [0.4, 0.5) is 0 Å². The lowest BCUT2D eigenvalue weighted by Crippen LogP contribution is -2.11. The summed E-state index contributed by atoms with van der Waals surface area (Å²) in [5, 5.41) is 3.65. The maximum absolute atomic E-state index is 5.55. The highest BCUT2D eigenvalue weighted by Gasteiger charge is 2.38. The Balaban J connectivity index is 1.30. The van der Waals surface area contributed by atoms with Crippen molar-refractivity contribution in [3.63, 3.8) is 0 Å². The fraction of sp³-hybridized carbons (Fsp3) is 0.0417. The molecule has 1 atom stereocenters. The zero-order valence-electron chi connectivity index (χ0n) is 28.0. The van der Waals surface area contributed by atoms with Crippen LogP contribution in [-0.4, -0.2) is 14.5 Å². The van der Waals surface area contributed by atoms with Crippen LogP contribution in [0.15, 0.2) is 158 Å². The molecule has 3 nitrogen and oxygen atoms in total. The molecule has 12 rings (SSSR count). The third kappa shape index (κ3) is 3.85. The zero-order valence-corrected chi connectivity index (χ0v) is 28.9. The van der Waals surface area contributed by atoms with E-state index in [9.17, 15) is 0 Å². The van der Waals surface area contributed by atoms with Gasteiger partial charge in [0.2, 0.25) is 0 Å². The molecule has 2 aliphatic carbocycles. The van der Waals surface area contributed by atoms with Gasteiger partial charge < -0.3 is 0 Å². The standard InChI is InChI=1S/C48H29N3S/c1-3-13-28(14-4-1)30-23-24-40-36(25-30)39-27-38-34-20-10-9-19-33(34)37-26-31-17-7-8-18-32(31)43(42(37)38)45(39)51(40)48-46-44(35-21-11-12-22-41(35)52-46)49-47(50-48)29-15-5-2-6-16-29/h1-25,27,37H,26H2. The predicted octanol–water partition coefficient (Wildman–Crippen LogP) is 12.6. The van der Waals surface area contributed by atoms with Gasteiger partial charge in [-0.1, -0.05) is 133 Å². The Morgan fingerprint density at radius 2 is 1.29 bits per heavy atom. The van der Waals surface area contributed by atoms with Gasteiger partial charge in [-0.2, -0.15) is 0 Å². The fourth-order valence-corrected chi connectivity index (χ4v) is 10.2. The van der Waals surface area contributed by atoms with E-state index in [0.29, 0.717) is 5.92 Å². The molecular formula is C48H29N3S. The first-order valence-electron chi connectivity index (χ1n) is 17.9. The van der Waals surface area contributed by atoms with Gasteiger partial charge in [0.25, 0.3) is 0 Å². The second-order valence-corrected chi connectivity index (χ2v) is 15.1. The molecule has 0 saturated carbocycles. The number of aromatic nitrogens is 3. The summed E-state index contributed by atoms with van der Waals surface area (Å²) in [6.07, 6.45) is 1.00. The van der Waals surface area contributed by atoms with Crippen LogP contribution in [-0.2, 0) is 6.42 Å². The van der Waals surface area contributed by atoms with Gasteiger partial charge in [0.05, 0.1) is 21.3 Å². The molecule has 0 spiro atoms. The highest BCUT2D eigenvalue weighted by Crippen LogP contribution is 2.57. The Morgan fingerprint density at radius 1 is 0.558 bits per heavy atom. The molecule has 0 aliphatic heterocycles. The molecule has 0 N–H and O–H groups in total. The summed E-state index contributed by atoms with van der Waals surface area (Å²) >= 11 is 1.79. The average Bonchev–Trinajstić information content (AvgIpc) is 3.86. The second-order valence-electron chi connectivity index (χ2n) is 14.1. The smallest absolute Gasteiger partial charge is 0.162 e. The van der Waals surface area contributed by atoms with Crippen LogP contribution in [0.2, 0.25) is 0 Å².